The van der Waals surface area contributed by atoms with Gasteiger partial charge in [-0.25, -0.2) is 0 Å². The Morgan fingerprint density at radius 1 is 1.26 bits per heavy atom. The van der Waals surface area contributed by atoms with Crippen molar-refractivity contribution in [3.8, 4) is 11.5 Å². The molecule has 1 saturated heterocycles. The Bertz CT molecular complexity index is 567. The van der Waals surface area contributed by atoms with Crippen LogP contribution in [0.2, 0.25) is 0 Å². The lowest BCUT2D eigenvalue weighted by molar-refractivity contribution is -0.129. The van der Waals surface area contributed by atoms with Crippen LogP contribution in [0.25, 0.3) is 0 Å². The van der Waals surface area contributed by atoms with Gasteiger partial charge in [0, 0.05) is 24.7 Å². The number of fused-ring (bicyclic) bond motifs is 1. The van der Waals surface area contributed by atoms with Gasteiger partial charge in [-0.15, -0.1) is 12.4 Å². The third kappa shape index (κ3) is 3.56. The van der Waals surface area contributed by atoms with Gasteiger partial charge in [0.15, 0.2) is 0 Å². The molecule has 1 aliphatic heterocycles. The maximum absolute atomic E-state index is 12.6. The second-order valence-corrected chi connectivity index (χ2v) is 6.32. The van der Waals surface area contributed by atoms with E-state index >= 15 is 0 Å². The lowest BCUT2D eigenvalue weighted by atomic mass is 9.98. The van der Waals surface area contributed by atoms with Crippen LogP contribution in [-0.4, -0.2) is 44.2 Å². The van der Waals surface area contributed by atoms with E-state index in [4.69, 9.17) is 15.2 Å². The summed E-state index contributed by atoms with van der Waals surface area (Å²) in [5.41, 5.74) is 7.01. The molecule has 0 bridgehead atoms. The van der Waals surface area contributed by atoms with E-state index in [2.05, 4.69) is 0 Å². The quantitative estimate of drug-likeness (QED) is 0.908. The second kappa shape index (κ2) is 7.41. The van der Waals surface area contributed by atoms with Gasteiger partial charge >= 0.3 is 0 Å². The van der Waals surface area contributed by atoms with Gasteiger partial charge in [0.2, 0.25) is 5.91 Å². The molecule has 6 heteroatoms. The van der Waals surface area contributed by atoms with Crippen molar-refractivity contribution in [2.45, 2.75) is 25.3 Å². The minimum Gasteiger partial charge on any atom is -0.497 e. The van der Waals surface area contributed by atoms with Crippen LogP contribution in [0, 0.1) is 11.8 Å². The summed E-state index contributed by atoms with van der Waals surface area (Å²) in [5, 5.41) is 0. The number of halogens is 1. The van der Waals surface area contributed by atoms with E-state index in [-0.39, 0.29) is 24.4 Å². The van der Waals surface area contributed by atoms with Gasteiger partial charge in [-0.05, 0) is 42.9 Å². The molecule has 2 fully saturated rings. The topological polar surface area (TPSA) is 64.8 Å². The largest absolute Gasteiger partial charge is 0.497 e. The van der Waals surface area contributed by atoms with Crippen molar-refractivity contribution >= 4 is 18.3 Å². The molecule has 1 heterocycles. The van der Waals surface area contributed by atoms with Crippen molar-refractivity contribution in [2.24, 2.45) is 17.6 Å². The van der Waals surface area contributed by atoms with Crippen LogP contribution in [0.15, 0.2) is 18.2 Å². The standard InChI is InChI=1S/C17H24N2O3.ClH/c1-21-13-4-6-16(22-2)12(7-13)8-17(20)19-9-11-3-5-15(18)14(11)10-19;/h4,6-7,11,14-15H,3,5,8-10,18H2,1-2H3;1H. The van der Waals surface area contributed by atoms with Crippen LogP contribution < -0.4 is 15.2 Å². The minimum atomic E-state index is 0. The van der Waals surface area contributed by atoms with Gasteiger partial charge in [-0.3, -0.25) is 4.79 Å². The van der Waals surface area contributed by atoms with Crippen LogP contribution in [0.5, 0.6) is 11.5 Å². The number of methoxy groups -OCH3 is 2. The van der Waals surface area contributed by atoms with Crippen molar-refractivity contribution in [1.82, 2.24) is 4.90 Å². The monoisotopic (exact) mass is 340 g/mol. The number of nitrogens with two attached hydrogens (primary N) is 1. The van der Waals surface area contributed by atoms with Gasteiger partial charge in [-0.2, -0.15) is 0 Å². The Morgan fingerprint density at radius 2 is 2.04 bits per heavy atom. The maximum Gasteiger partial charge on any atom is 0.227 e. The predicted octanol–water partition coefficient (Wildman–Crippen LogP) is 1.86. The number of amides is 1. The number of rotatable bonds is 4. The lowest BCUT2D eigenvalue weighted by Crippen LogP contribution is -2.34. The van der Waals surface area contributed by atoms with Crippen molar-refractivity contribution in [1.29, 1.82) is 0 Å². The molecule has 3 unspecified atom stereocenters. The van der Waals surface area contributed by atoms with Crippen LogP contribution in [0.1, 0.15) is 18.4 Å². The average Bonchev–Trinajstić information content (AvgIpc) is 3.09. The smallest absolute Gasteiger partial charge is 0.227 e. The summed E-state index contributed by atoms with van der Waals surface area (Å²) in [5.74, 6) is 2.68. The molecule has 1 aromatic carbocycles. The molecular formula is C17H25ClN2O3. The first kappa shape index (κ1) is 17.9. The highest BCUT2D eigenvalue weighted by molar-refractivity contribution is 5.85. The Labute approximate surface area is 143 Å². The predicted molar refractivity (Wildman–Crippen MR) is 91.3 cm³/mol. The minimum absolute atomic E-state index is 0. The molecule has 1 aliphatic carbocycles. The number of hydrogen-bond acceptors (Lipinski definition) is 4. The first-order valence-corrected chi connectivity index (χ1v) is 7.86. The molecule has 3 rings (SSSR count). The highest BCUT2D eigenvalue weighted by Crippen LogP contribution is 2.37. The number of benzene rings is 1. The first-order valence-electron chi connectivity index (χ1n) is 7.86. The molecule has 5 nitrogen and oxygen atoms in total. The van der Waals surface area contributed by atoms with E-state index in [1.807, 2.05) is 23.1 Å². The fourth-order valence-electron chi connectivity index (χ4n) is 3.81. The number of likely N-dealkylation sites (tertiary alicyclic amines) is 1. The first-order chi connectivity index (χ1) is 10.6. The molecule has 0 radical (unpaired) electrons. The van der Waals surface area contributed by atoms with Gasteiger partial charge in [0.05, 0.1) is 20.6 Å². The van der Waals surface area contributed by atoms with Crippen LogP contribution >= 0.6 is 12.4 Å². The molecule has 2 aliphatic rings. The maximum atomic E-state index is 12.6. The lowest BCUT2D eigenvalue weighted by Gasteiger charge is -2.19. The molecule has 3 atom stereocenters. The van der Waals surface area contributed by atoms with Crippen molar-refractivity contribution < 1.29 is 14.3 Å². The molecule has 0 spiro atoms. The summed E-state index contributed by atoms with van der Waals surface area (Å²) in [6.07, 6.45) is 2.59. The zero-order valence-corrected chi connectivity index (χ0v) is 14.5. The van der Waals surface area contributed by atoms with E-state index in [0.717, 1.165) is 43.0 Å². The molecule has 0 aromatic heterocycles. The third-order valence-corrected chi connectivity index (χ3v) is 5.09. The zero-order chi connectivity index (χ0) is 15.7. The van der Waals surface area contributed by atoms with Crippen LogP contribution in [0.3, 0.4) is 0 Å². The SMILES string of the molecule is COc1ccc(OC)c(CC(=O)N2CC3CCC(N)C3C2)c1.Cl. The average molecular weight is 341 g/mol. The molecule has 23 heavy (non-hydrogen) atoms. The Balaban J connectivity index is 0.00000192. The van der Waals surface area contributed by atoms with E-state index in [0.29, 0.717) is 18.3 Å². The van der Waals surface area contributed by atoms with Gasteiger partial charge in [-0.1, -0.05) is 0 Å². The fraction of sp³-hybridized carbons (Fsp3) is 0.588. The van der Waals surface area contributed by atoms with E-state index in [1.165, 1.54) is 0 Å². The highest BCUT2D eigenvalue weighted by Gasteiger charge is 2.42. The van der Waals surface area contributed by atoms with Crippen LogP contribution in [0.4, 0.5) is 0 Å². The van der Waals surface area contributed by atoms with E-state index in [9.17, 15) is 4.79 Å². The molecule has 1 amide bonds. The van der Waals surface area contributed by atoms with E-state index < -0.39 is 0 Å². The van der Waals surface area contributed by atoms with Gasteiger partial charge in [0.1, 0.15) is 11.5 Å². The Kier molecular flexibility index (Phi) is 5.76. The van der Waals surface area contributed by atoms with Crippen molar-refractivity contribution in [3.05, 3.63) is 23.8 Å². The summed E-state index contributed by atoms with van der Waals surface area (Å²) < 4.78 is 10.6. The van der Waals surface area contributed by atoms with Crippen LogP contribution in [-0.2, 0) is 11.2 Å². The molecule has 128 valence electrons. The normalized spacial score (nSPS) is 25.7. The number of nitrogens with zero attached hydrogens (tertiary/aromatic N) is 1. The highest BCUT2D eigenvalue weighted by atomic mass is 35.5. The molecule has 1 aromatic rings. The Morgan fingerprint density at radius 3 is 2.70 bits per heavy atom. The van der Waals surface area contributed by atoms with Crippen molar-refractivity contribution in [3.63, 3.8) is 0 Å². The van der Waals surface area contributed by atoms with Crippen molar-refractivity contribution in [2.75, 3.05) is 27.3 Å². The third-order valence-electron chi connectivity index (χ3n) is 5.09. The van der Waals surface area contributed by atoms with Gasteiger partial charge in [0.25, 0.3) is 0 Å². The summed E-state index contributed by atoms with van der Waals surface area (Å²) in [7, 11) is 3.24. The molecule has 1 saturated carbocycles. The number of carbonyl (C=O) groups excluding carboxylic acids is 1. The fourth-order valence-corrected chi connectivity index (χ4v) is 3.81. The van der Waals surface area contributed by atoms with E-state index in [1.54, 1.807) is 14.2 Å². The Hall–Kier alpha value is -1.46. The summed E-state index contributed by atoms with van der Waals surface area (Å²) >= 11 is 0. The molecule has 2 N–H and O–H groups in total. The summed E-state index contributed by atoms with van der Waals surface area (Å²) in [6.45, 7) is 1.65. The zero-order valence-electron chi connectivity index (χ0n) is 13.7. The summed E-state index contributed by atoms with van der Waals surface area (Å²) in [6, 6.07) is 5.82. The summed E-state index contributed by atoms with van der Waals surface area (Å²) in [4.78, 5) is 14.6. The number of carbonyl (C=O) groups is 1. The number of ether oxygens (including phenoxy) is 2. The second-order valence-electron chi connectivity index (χ2n) is 6.32. The van der Waals surface area contributed by atoms with Gasteiger partial charge < -0.3 is 20.1 Å². The number of hydrogen-bond donors (Lipinski definition) is 1. The molecular weight excluding hydrogens is 316 g/mol.